The van der Waals surface area contributed by atoms with E-state index >= 15 is 0 Å². The zero-order valence-corrected chi connectivity index (χ0v) is 8.71. The van der Waals surface area contributed by atoms with Crippen LogP contribution in [-0.2, 0) is 0 Å². The molecule has 0 saturated heterocycles. The molecule has 2 heteroatoms. The third-order valence-corrected chi connectivity index (χ3v) is 2.02. The summed E-state index contributed by atoms with van der Waals surface area (Å²) in [5.74, 6) is 0.978. The molecule has 0 aliphatic carbocycles. The van der Waals surface area contributed by atoms with Gasteiger partial charge >= 0.3 is 0 Å². The molecule has 1 aromatic carbocycles. The third kappa shape index (κ3) is 3.13. The Morgan fingerprint density at radius 2 is 1.77 bits per heavy atom. The van der Waals surface area contributed by atoms with Crippen molar-refractivity contribution in [2.24, 2.45) is 0 Å². The Bertz CT molecular complexity index is 241. The molecule has 0 aromatic heterocycles. The van der Waals surface area contributed by atoms with Crippen molar-refractivity contribution in [2.75, 3.05) is 6.61 Å². The largest absolute Gasteiger partial charge is 0.494 e. The molecule has 0 fully saturated rings. The van der Waals surface area contributed by atoms with Crippen LogP contribution in [0.2, 0.25) is 13.6 Å². The van der Waals surface area contributed by atoms with E-state index in [4.69, 9.17) is 4.74 Å². The first-order chi connectivity index (χ1) is 6.24. The van der Waals surface area contributed by atoms with Crippen molar-refractivity contribution < 1.29 is 4.74 Å². The van der Waals surface area contributed by atoms with Gasteiger partial charge < -0.3 is 4.74 Å². The molecule has 0 N–H and O–H groups in total. The van der Waals surface area contributed by atoms with Crippen molar-refractivity contribution in [2.45, 2.75) is 27.0 Å². The van der Waals surface area contributed by atoms with Crippen molar-refractivity contribution in [3.05, 3.63) is 24.3 Å². The summed E-state index contributed by atoms with van der Waals surface area (Å²) in [4.78, 5) is 0. The Morgan fingerprint density at radius 1 is 1.15 bits per heavy atom. The van der Waals surface area contributed by atoms with E-state index in [9.17, 15) is 0 Å². The van der Waals surface area contributed by atoms with E-state index in [1.54, 1.807) is 0 Å². The van der Waals surface area contributed by atoms with Gasteiger partial charge in [0.1, 0.15) is 5.75 Å². The lowest BCUT2D eigenvalue weighted by Gasteiger charge is -2.06. The molecule has 0 spiro atoms. The fourth-order valence-electron chi connectivity index (χ4n) is 1.17. The quantitative estimate of drug-likeness (QED) is 0.640. The lowest BCUT2D eigenvalue weighted by molar-refractivity contribution is 0.317. The number of ether oxygens (including phenoxy) is 1. The molecule has 1 aromatic rings. The monoisotopic (exact) mass is 176 g/mol. The molecule has 1 nitrogen and oxygen atoms in total. The summed E-state index contributed by atoms with van der Waals surface area (Å²) in [6, 6.07) is 8.36. The lowest BCUT2D eigenvalue weighted by atomic mass is 9.49. The van der Waals surface area contributed by atoms with Gasteiger partial charge in [0, 0.05) is 0 Å². The van der Waals surface area contributed by atoms with Crippen LogP contribution in [0.15, 0.2) is 24.3 Å². The molecule has 0 amide bonds. The molecule has 0 aliphatic heterocycles. The Labute approximate surface area is 81.2 Å². The van der Waals surface area contributed by atoms with Crippen LogP contribution >= 0.6 is 0 Å². The Kier molecular flexibility index (Phi) is 3.87. The average molecular weight is 176 g/mol. The van der Waals surface area contributed by atoms with E-state index in [0.29, 0.717) is 6.71 Å². The van der Waals surface area contributed by atoms with Crippen molar-refractivity contribution in [1.82, 2.24) is 0 Å². The van der Waals surface area contributed by atoms with Crippen LogP contribution in [-0.4, -0.2) is 13.3 Å². The van der Waals surface area contributed by atoms with Crippen LogP contribution in [0, 0.1) is 0 Å². The highest BCUT2D eigenvalue weighted by atomic mass is 16.5. The van der Waals surface area contributed by atoms with E-state index < -0.39 is 0 Å². The maximum atomic E-state index is 5.49. The van der Waals surface area contributed by atoms with E-state index in [1.807, 2.05) is 12.1 Å². The average Bonchev–Trinajstić information content (AvgIpc) is 2.15. The van der Waals surface area contributed by atoms with Gasteiger partial charge in [-0.1, -0.05) is 38.2 Å². The van der Waals surface area contributed by atoms with Crippen LogP contribution in [0.3, 0.4) is 0 Å². The molecular formula is C11H17BO. The van der Waals surface area contributed by atoms with Crippen molar-refractivity contribution in [3.63, 3.8) is 0 Å². The van der Waals surface area contributed by atoms with E-state index in [-0.39, 0.29) is 0 Å². The van der Waals surface area contributed by atoms with Gasteiger partial charge in [0.25, 0.3) is 0 Å². The number of hydrogen-bond acceptors (Lipinski definition) is 1. The Balaban J connectivity index is 2.59. The first-order valence-corrected chi connectivity index (χ1v) is 4.96. The predicted molar refractivity (Wildman–Crippen MR) is 59.3 cm³/mol. The van der Waals surface area contributed by atoms with Gasteiger partial charge in [-0.25, -0.2) is 0 Å². The lowest BCUT2D eigenvalue weighted by Crippen LogP contribution is -2.21. The van der Waals surface area contributed by atoms with Crippen LogP contribution in [0.1, 0.15) is 13.3 Å². The topological polar surface area (TPSA) is 9.23 Å². The van der Waals surface area contributed by atoms with Gasteiger partial charge in [0.15, 0.2) is 6.71 Å². The Hall–Kier alpha value is -0.915. The maximum Gasteiger partial charge on any atom is 0.169 e. The number of benzene rings is 1. The van der Waals surface area contributed by atoms with Gasteiger partial charge in [-0.15, -0.1) is 0 Å². The Morgan fingerprint density at radius 3 is 2.23 bits per heavy atom. The van der Waals surface area contributed by atoms with Gasteiger partial charge in [0.2, 0.25) is 0 Å². The van der Waals surface area contributed by atoms with Crippen molar-refractivity contribution in [1.29, 1.82) is 0 Å². The maximum absolute atomic E-state index is 5.49. The highest BCUT2D eigenvalue weighted by Gasteiger charge is 2.01. The van der Waals surface area contributed by atoms with Gasteiger partial charge in [0.05, 0.1) is 6.61 Å². The zero-order valence-electron chi connectivity index (χ0n) is 8.71. The van der Waals surface area contributed by atoms with Gasteiger partial charge in [-0.05, 0) is 18.6 Å². The summed E-state index contributed by atoms with van der Waals surface area (Å²) >= 11 is 0. The molecule has 0 heterocycles. The first kappa shape index (κ1) is 10.2. The van der Waals surface area contributed by atoms with Gasteiger partial charge in [-0.2, -0.15) is 0 Å². The highest BCUT2D eigenvalue weighted by Crippen LogP contribution is 2.08. The van der Waals surface area contributed by atoms with Crippen molar-refractivity contribution in [3.8, 4) is 5.75 Å². The summed E-state index contributed by atoms with van der Waals surface area (Å²) in [5.41, 5.74) is 1.36. The van der Waals surface area contributed by atoms with Crippen LogP contribution < -0.4 is 10.2 Å². The summed E-state index contributed by atoms with van der Waals surface area (Å²) in [7, 11) is 0. The molecule has 0 aliphatic rings. The third-order valence-electron chi connectivity index (χ3n) is 2.02. The smallest absolute Gasteiger partial charge is 0.169 e. The van der Waals surface area contributed by atoms with Crippen LogP contribution in [0.5, 0.6) is 5.75 Å². The summed E-state index contributed by atoms with van der Waals surface area (Å²) in [5, 5.41) is 0. The SMILES string of the molecule is CCCOc1ccc(B(C)C)cc1. The minimum atomic E-state index is 0.597. The van der Waals surface area contributed by atoms with Gasteiger partial charge in [-0.3, -0.25) is 0 Å². The summed E-state index contributed by atoms with van der Waals surface area (Å²) < 4.78 is 5.49. The fraction of sp³-hybridized carbons (Fsp3) is 0.455. The second-order valence-electron chi connectivity index (χ2n) is 3.57. The molecule has 0 saturated carbocycles. The fourth-order valence-corrected chi connectivity index (χ4v) is 1.17. The van der Waals surface area contributed by atoms with Crippen LogP contribution in [0.25, 0.3) is 0 Å². The van der Waals surface area contributed by atoms with Crippen LogP contribution in [0.4, 0.5) is 0 Å². The molecule has 0 unspecified atom stereocenters. The number of rotatable bonds is 4. The minimum absolute atomic E-state index is 0.597. The number of hydrogen-bond donors (Lipinski definition) is 0. The standard InChI is InChI=1S/C11H17BO/c1-4-9-13-11-7-5-10(6-8-11)12(2)3/h5-8H,4,9H2,1-3H3. The molecule has 70 valence electrons. The normalized spacial score (nSPS) is 9.77. The molecule has 13 heavy (non-hydrogen) atoms. The first-order valence-electron chi connectivity index (χ1n) is 4.96. The second-order valence-corrected chi connectivity index (χ2v) is 3.57. The van der Waals surface area contributed by atoms with E-state index in [1.165, 1.54) is 5.46 Å². The van der Waals surface area contributed by atoms with Crippen molar-refractivity contribution >= 4 is 12.2 Å². The molecule has 0 atom stereocenters. The minimum Gasteiger partial charge on any atom is -0.494 e. The van der Waals surface area contributed by atoms with E-state index in [0.717, 1.165) is 18.8 Å². The summed E-state index contributed by atoms with van der Waals surface area (Å²) in [6.07, 6.45) is 1.06. The van der Waals surface area contributed by atoms with E-state index in [2.05, 4.69) is 32.7 Å². The molecule has 0 bridgehead atoms. The second kappa shape index (κ2) is 4.95. The zero-order chi connectivity index (χ0) is 9.68. The predicted octanol–water partition coefficient (Wildman–Crippen LogP) is 2.44. The molecular weight excluding hydrogens is 159 g/mol. The molecule has 1 rings (SSSR count). The highest BCUT2D eigenvalue weighted by molar-refractivity contribution is 6.70. The summed E-state index contributed by atoms with van der Waals surface area (Å²) in [6.45, 7) is 7.91. The molecule has 0 radical (unpaired) electrons.